The summed E-state index contributed by atoms with van der Waals surface area (Å²) < 4.78 is 29.9. The van der Waals surface area contributed by atoms with Gasteiger partial charge in [0.2, 0.25) is 5.89 Å². The molecule has 11 heteroatoms. The van der Waals surface area contributed by atoms with Gasteiger partial charge in [0, 0.05) is 6.20 Å². The topological polar surface area (TPSA) is 107 Å². The third-order valence-corrected chi connectivity index (χ3v) is 4.13. The zero-order valence-electron chi connectivity index (χ0n) is 13.0. The molecule has 0 aliphatic heterocycles. The summed E-state index contributed by atoms with van der Waals surface area (Å²) in [5.41, 5.74) is 7.75. The van der Waals surface area contributed by atoms with Crippen molar-refractivity contribution in [1.82, 2.24) is 15.2 Å². The molecule has 0 fully saturated rings. The van der Waals surface area contributed by atoms with Crippen LogP contribution in [0, 0.1) is 0 Å². The van der Waals surface area contributed by atoms with Gasteiger partial charge in [-0.25, -0.2) is 5.84 Å². The number of rotatable bonds is 5. The second kappa shape index (κ2) is 7.40. The van der Waals surface area contributed by atoms with Crippen LogP contribution in [-0.2, 0) is 6.54 Å². The van der Waals surface area contributed by atoms with Crippen LogP contribution in [0.2, 0.25) is 10.0 Å². The van der Waals surface area contributed by atoms with Crippen molar-refractivity contribution < 1.29 is 13.2 Å². The third-order valence-electron chi connectivity index (χ3n) is 3.41. The molecule has 0 bridgehead atoms. The van der Waals surface area contributed by atoms with Crippen LogP contribution in [0.1, 0.15) is 18.0 Å². The van der Waals surface area contributed by atoms with Gasteiger partial charge in [-0.3, -0.25) is 4.98 Å². The van der Waals surface area contributed by atoms with Crippen molar-refractivity contribution in [2.45, 2.75) is 13.0 Å². The molecule has 0 saturated carbocycles. The molecule has 2 heterocycles. The minimum atomic E-state index is -2.83. The molecule has 3 rings (SSSR count). The zero-order chi connectivity index (χ0) is 18.8. The van der Waals surface area contributed by atoms with E-state index in [2.05, 4.69) is 15.2 Å². The van der Waals surface area contributed by atoms with Gasteiger partial charge in [-0.05, 0) is 24.3 Å². The molecule has 0 aliphatic carbocycles. The summed E-state index contributed by atoms with van der Waals surface area (Å²) in [5.74, 6) is 5.23. The van der Waals surface area contributed by atoms with Crippen molar-refractivity contribution in [2.24, 2.45) is 5.84 Å². The molecule has 3 aromatic rings. The van der Waals surface area contributed by atoms with E-state index in [1.165, 1.54) is 17.3 Å². The van der Waals surface area contributed by atoms with Crippen LogP contribution in [0.25, 0.3) is 11.5 Å². The van der Waals surface area contributed by atoms with Gasteiger partial charge in [-0.15, -0.1) is 10.2 Å². The van der Waals surface area contributed by atoms with E-state index in [0.29, 0.717) is 32.7 Å². The average molecular weight is 401 g/mol. The van der Waals surface area contributed by atoms with Crippen LogP contribution < -0.4 is 16.6 Å². The molecule has 2 aromatic heterocycles. The fourth-order valence-corrected chi connectivity index (χ4v) is 2.47. The van der Waals surface area contributed by atoms with E-state index < -0.39 is 12.3 Å². The number of aromatic nitrogens is 3. The molecular weight excluding hydrogens is 389 g/mol. The largest absolute Gasteiger partial charge is 0.415 e. The lowest BCUT2D eigenvalue weighted by atomic mass is 10.2. The van der Waals surface area contributed by atoms with Gasteiger partial charge in [0.25, 0.3) is 5.89 Å². The van der Waals surface area contributed by atoms with Gasteiger partial charge < -0.3 is 15.2 Å². The number of nitrogens with zero attached hydrogens (tertiary/aromatic N) is 4. The SMILES string of the molecule is Nc1cc(Cl)c(Cl)cc1N(N)Cc1ccc(-c2nnc(C(F)F)o2)cn1. The number of nitrogen functional groups attached to an aromatic ring is 1. The Bertz CT molecular complexity index is 919. The smallest absolute Gasteiger partial charge is 0.314 e. The van der Waals surface area contributed by atoms with Gasteiger partial charge in [0.15, 0.2) is 0 Å². The van der Waals surface area contributed by atoms with Crippen LogP contribution in [0.4, 0.5) is 20.2 Å². The number of hydrogen-bond acceptors (Lipinski definition) is 7. The minimum absolute atomic E-state index is 0.0438. The number of pyridine rings is 1. The zero-order valence-corrected chi connectivity index (χ0v) is 14.5. The quantitative estimate of drug-likeness (QED) is 0.380. The Balaban J connectivity index is 1.75. The first-order chi connectivity index (χ1) is 12.3. The maximum absolute atomic E-state index is 12.5. The van der Waals surface area contributed by atoms with Gasteiger partial charge >= 0.3 is 6.43 Å². The van der Waals surface area contributed by atoms with Crippen LogP contribution in [0.15, 0.2) is 34.9 Å². The highest BCUT2D eigenvalue weighted by atomic mass is 35.5. The summed E-state index contributed by atoms with van der Waals surface area (Å²) in [6.45, 7) is 0.217. The Labute approximate surface area is 156 Å². The number of alkyl halides is 2. The van der Waals surface area contributed by atoms with Crippen LogP contribution in [-0.4, -0.2) is 15.2 Å². The minimum Gasteiger partial charge on any atom is -0.415 e. The number of nitrogens with two attached hydrogens (primary N) is 2. The van der Waals surface area contributed by atoms with Crippen molar-refractivity contribution in [3.63, 3.8) is 0 Å². The van der Waals surface area contributed by atoms with Gasteiger partial charge in [-0.1, -0.05) is 23.2 Å². The summed E-state index contributed by atoms with van der Waals surface area (Å²) >= 11 is 11.9. The van der Waals surface area contributed by atoms with Gasteiger partial charge in [0.05, 0.1) is 39.2 Å². The summed E-state index contributed by atoms with van der Waals surface area (Å²) in [7, 11) is 0. The van der Waals surface area contributed by atoms with Crippen molar-refractivity contribution in [3.05, 3.63) is 52.1 Å². The lowest BCUT2D eigenvalue weighted by Crippen LogP contribution is -2.31. The lowest BCUT2D eigenvalue weighted by molar-refractivity contribution is 0.116. The highest BCUT2D eigenvalue weighted by Gasteiger charge is 2.17. The Morgan fingerprint density at radius 1 is 1.15 bits per heavy atom. The molecule has 0 unspecified atom stereocenters. The van der Waals surface area contributed by atoms with Crippen molar-refractivity contribution >= 4 is 34.6 Å². The highest BCUT2D eigenvalue weighted by molar-refractivity contribution is 6.42. The molecular formula is C15H12Cl2F2N6O. The average Bonchev–Trinajstić information content (AvgIpc) is 3.09. The standard InChI is InChI=1S/C15H12Cl2F2N6O/c16-9-3-11(20)12(4-10(9)17)25(21)6-8-2-1-7(5-22-8)14-23-24-15(26-14)13(18)19/h1-5,13H,6,20-21H2. The number of anilines is 2. The van der Waals surface area contributed by atoms with E-state index in [4.69, 9.17) is 39.2 Å². The van der Waals surface area contributed by atoms with Crippen molar-refractivity contribution in [1.29, 1.82) is 0 Å². The number of hydrogen-bond donors (Lipinski definition) is 2. The number of benzene rings is 1. The molecule has 4 N–H and O–H groups in total. The Kier molecular flexibility index (Phi) is 5.21. The summed E-state index contributed by atoms with van der Waals surface area (Å²) in [5, 5.41) is 8.84. The number of halogens is 4. The van der Waals surface area contributed by atoms with Crippen molar-refractivity contribution in [2.75, 3.05) is 10.7 Å². The first-order valence-electron chi connectivity index (χ1n) is 7.18. The van der Waals surface area contributed by atoms with E-state index in [1.807, 2.05) is 0 Å². The maximum atomic E-state index is 12.5. The van der Waals surface area contributed by atoms with Crippen LogP contribution >= 0.6 is 23.2 Å². The summed E-state index contributed by atoms with van der Waals surface area (Å²) in [4.78, 5) is 4.21. The lowest BCUT2D eigenvalue weighted by Gasteiger charge is -2.20. The van der Waals surface area contributed by atoms with E-state index in [-0.39, 0.29) is 12.4 Å². The highest BCUT2D eigenvalue weighted by Crippen LogP contribution is 2.32. The molecule has 0 atom stereocenters. The monoisotopic (exact) mass is 400 g/mol. The normalized spacial score (nSPS) is 11.2. The molecule has 0 amide bonds. The molecule has 7 nitrogen and oxygen atoms in total. The Morgan fingerprint density at radius 3 is 2.50 bits per heavy atom. The van der Waals surface area contributed by atoms with E-state index >= 15 is 0 Å². The van der Waals surface area contributed by atoms with Crippen LogP contribution in [0.3, 0.4) is 0 Å². The molecule has 26 heavy (non-hydrogen) atoms. The fourth-order valence-electron chi connectivity index (χ4n) is 2.14. The van der Waals surface area contributed by atoms with E-state index in [1.54, 1.807) is 18.2 Å². The Morgan fingerprint density at radius 2 is 1.88 bits per heavy atom. The Hall–Kier alpha value is -2.49. The predicted molar refractivity (Wildman–Crippen MR) is 93.7 cm³/mol. The second-order valence-corrected chi connectivity index (χ2v) is 6.05. The maximum Gasteiger partial charge on any atom is 0.314 e. The fraction of sp³-hybridized carbons (Fsp3) is 0.133. The van der Waals surface area contributed by atoms with Crippen molar-refractivity contribution in [3.8, 4) is 11.5 Å². The summed E-state index contributed by atoms with van der Waals surface area (Å²) in [6, 6.07) is 6.32. The van der Waals surface area contributed by atoms with E-state index in [9.17, 15) is 8.78 Å². The second-order valence-electron chi connectivity index (χ2n) is 5.24. The predicted octanol–water partition coefficient (Wildman–Crippen LogP) is 3.84. The van der Waals surface area contributed by atoms with Gasteiger partial charge in [0.1, 0.15) is 0 Å². The summed E-state index contributed by atoms with van der Waals surface area (Å²) in [6.07, 6.45) is -1.41. The van der Waals surface area contributed by atoms with E-state index in [0.717, 1.165) is 0 Å². The molecule has 0 spiro atoms. The first kappa shape index (κ1) is 18.3. The molecule has 0 aliphatic rings. The van der Waals surface area contributed by atoms with Gasteiger partial charge in [-0.2, -0.15) is 8.78 Å². The third kappa shape index (κ3) is 3.85. The molecule has 136 valence electrons. The molecule has 1 aromatic carbocycles. The number of hydrazine groups is 1. The first-order valence-corrected chi connectivity index (χ1v) is 7.94. The molecule has 0 radical (unpaired) electrons. The van der Waals surface area contributed by atoms with Crippen LogP contribution in [0.5, 0.6) is 0 Å². The molecule has 0 saturated heterocycles.